The molecule has 3 unspecified atom stereocenters. The zero-order valence-corrected chi connectivity index (χ0v) is 18.5. The van der Waals surface area contributed by atoms with Gasteiger partial charge in [-0.1, -0.05) is 11.6 Å². The number of fused-ring (bicyclic) bond motifs is 3. The third-order valence-electron chi connectivity index (χ3n) is 7.95. The Bertz CT molecular complexity index is 801. The second kappa shape index (κ2) is 7.49. The smallest absolute Gasteiger partial charge is 0.234 e. The van der Waals surface area contributed by atoms with E-state index in [2.05, 4.69) is 21.6 Å². The Balaban J connectivity index is 1.11. The minimum absolute atomic E-state index is 0.0716. The second-order valence-electron chi connectivity index (χ2n) is 10.8. The lowest BCUT2D eigenvalue weighted by atomic mass is 9.53. The van der Waals surface area contributed by atoms with Crippen molar-refractivity contribution in [1.82, 2.24) is 15.5 Å². The van der Waals surface area contributed by atoms with Crippen LogP contribution in [-0.2, 0) is 14.3 Å². The first kappa shape index (κ1) is 20.3. The van der Waals surface area contributed by atoms with E-state index in [1.807, 2.05) is 13.8 Å². The van der Waals surface area contributed by atoms with Crippen LogP contribution in [0.15, 0.2) is 22.9 Å². The molecule has 164 valence electrons. The molecule has 2 heterocycles. The molecule has 0 radical (unpaired) electrons. The van der Waals surface area contributed by atoms with E-state index in [1.54, 1.807) is 12.7 Å². The molecule has 6 aliphatic rings. The Kier molecular flexibility index (Phi) is 5.05. The fourth-order valence-corrected chi connectivity index (χ4v) is 6.65. The van der Waals surface area contributed by atoms with E-state index in [0.717, 1.165) is 32.1 Å². The first-order valence-electron chi connectivity index (χ1n) is 11.6. The zero-order valence-electron chi connectivity index (χ0n) is 18.5. The monoisotopic (exact) mass is 413 g/mol. The summed E-state index contributed by atoms with van der Waals surface area (Å²) in [6.45, 7) is 4.93. The lowest BCUT2D eigenvalue weighted by Crippen LogP contribution is -2.53. The van der Waals surface area contributed by atoms with Gasteiger partial charge in [0.05, 0.1) is 18.7 Å². The van der Waals surface area contributed by atoms with Crippen molar-refractivity contribution in [2.24, 2.45) is 17.8 Å². The molecule has 2 amide bonds. The summed E-state index contributed by atoms with van der Waals surface area (Å²) in [6.07, 6.45) is 9.61. The average Bonchev–Trinajstić information content (AvgIpc) is 2.87. The highest BCUT2D eigenvalue weighted by atomic mass is 16.5. The Labute approximate surface area is 179 Å². The summed E-state index contributed by atoms with van der Waals surface area (Å²) in [5.74, 6) is 2.09. The summed E-state index contributed by atoms with van der Waals surface area (Å²) in [4.78, 5) is 27.7. The molecule has 6 bridgehead atoms. The largest absolute Gasteiger partial charge is 0.382 e. The molecule has 2 aliphatic heterocycles. The predicted molar refractivity (Wildman–Crippen MR) is 114 cm³/mol. The van der Waals surface area contributed by atoms with Crippen molar-refractivity contribution in [2.75, 3.05) is 20.3 Å². The van der Waals surface area contributed by atoms with Crippen LogP contribution < -0.4 is 10.6 Å². The summed E-state index contributed by atoms with van der Waals surface area (Å²) < 4.78 is 5.20. The number of allylic oxidation sites excluding steroid dienone is 4. The van der Waals surface area contributed by atoms with Crippen molar-refractivity contribution in [2.45, 2.75) is 76.4 Å². The average molecular weight is 414 g/mol. The first-order valence-corrected chi connectivity index (χ1v) is 11.6. The standard InChI is InChI=1S/C24H35N3O3/c1-24(2,13-30-3)26-23(29)12-27-16-4-5-17(27)7-14(6-16)8-22(28)25-21-10-15-9-19-18(15)11-20(19)21/h11,14-17,19H,4-10,12-13H2,1-3H3,(H,25,28)(H,26,29)/t14?,15?,16-,17+,19?. The highest BCUT2D eigenvalue weighted by molar-refractivity contribution is 5.80. The molecule has 6 rings (SSSR count). The Morgan fingerprint density at radius 2 is 1.90 bits per heavy atom. The summed E-state index contributed by atoms with van der Waals surface area (Å²) >= 11 is 0. The number of carbonyl (C=O) groups excluding carboxylic acids is 2. The van der Waals surface area contributed by atoms with E-state index < -0.39 is 0 Å². The maximum atomic E-state index is 12.7. The number of methoxy groups -OCH3 is 1. The van der Waals surface area contributed by atoms with E-state index in [9.17, 15) is 9.59 Å². The number of nitrogens with one attached hydrogen (secondary N) is 2. The van der Waals surface area contributed by atoms with Gasteiger partial charge in [-0.25, -0.2) is 0 Å². The SMILES string of the molecule is COCC(C)(C)NC(=O)CN1[C@@H]2CC[C@H]1CC(CC(=O)NC1=C3C=C4C(C1)CC43)C2. The van der Waals surface area contributed by atoms with Gasteiger partial charge in [0.1, 0.15) is 0 Å². The third kappa shape index (κ3) is 3.62. The minimum atomic E-state index is -0.354. The summed E-state index contributed by atoms with van der Waals surface area (Å²) in [5.41, 5.74) is 3.87. The minimum Gasteiger partial charge on any atom is -0.382 e. The van der Waals surface area contributed by atoms with Crippen LogP contribution in [0.2, 0.25) is 0 Å². The van der Waals surface area contributed by atoms with Crippen LogP contribution in [0.1, 0.15) is 58.8 Å². The molecule has 6 nitrogen and oxygen atoms in total. The maximum absolute atomic E-state index is 12.7. The van der Waals surface area contributed by atoms with Gasteiger partial charge in [0.2, 0.25) is 11.8 Å². The quantitative estimate of drug-likeness (QED) is 0.642. The lowest BCUT2D eigenvalue weighted by molar-refractivity contribution is -0.127. The molecule has 2 N–H and O–H groups in total. The van der Waals surface area contributed by atoms with E-state index >= 15 is 0 Å². The van der Waals surface area contributed by atoms with Crippen LogP contribution in [0.25, 0.3) is 0 Å². The van der Waals surface area contributed by atoms with Crippen molar-refractivity contribution in [3.63, 3.8) is 0 Å². The second-order valence-corrected chi connectivity index (χ2v) is 10.8. The number of piperidine rings is 1. The highest BCUT2D eigenvalue weighted by Crippen LogP contribution is 2.59. The van der Waals surface area contributed by atoms with Crippen LogP contribution in [-0.4, -0.2) is 54.6 Å². The van der Waals surface area contributed by atoms with E-state index in [0.29, 0.717) is 49.4 Å². The van der Waals surface area contributed by atoms with Crippen LogP contribution >= 0.6 is 0 Å². The third-order valence-corrected chi connectivity index (χ3v) is 7.95. The van der Waals surface area contributed by atoms with Crippen molar-refractivity contribution >= 4 is 11.8 Å². The zero-order chi connectivity index (χ0) is 21.0. The fourth-order valence-electron chi connectivity index (χ4n) is 6.65. The molecule has 1 saturated carbocycles. The topological polar surface area (TPSA) is 70.7 Å². The Morgan fingerprint density at radius 1 is 1.17 bits per heavy atom. The van der Waals surface area contributed by atoms with Crippen molar-refractivity contribution in [1.29, 1.82) is 0 Å². The van der Waals surface area contributed by atoms with Crippen molar-refractivity contribution in [3.05, 3.63) is 22.9 Å². The fraction of sp³-hybridized carbons (Fsp3) is 0.750. The summed E-state index contributed by atoms with van der Waals surface area (Å²) in [7, 11) is 1.66. The van der Waals surface area contributed by atoms with Crippen molar-refractivity contribution < 1.29 is 14.3 Å². The number of ether oxygens (including phenoxy) is 1. The molecule has 0 aromatic heterocycles. The number of hydrogen-bond acceptors (Lipinski definition) is 4. The van der Waals surface area contributed by atoms with E-state index in [1.165, 1.54) is 17.7 Å². The first-order chi connectivity index (χ1) is 14.3. The molecule has 0 aromatic carbocycles. The number of nitrogens with zero attached hydrogens (tertiary/aromatic N) is 1. The van der Waals surface area contributed by atoms with Crippen molar-refractivity contribution in [3.8, 4) is 0 Å². The van der Waals surface area contributed by atoms with Gasteiger partial charge in [0, 0.05) is 37.2 Å². The van der Waals surface area contributed by atoms with Gasteiger partial charge in [0.25, 0.3) is 0 Å². The molecule has 5 atom stereocenters. The molecule has 6 heteroatoms. The van der Waals surface area contributed by atoms with Crippen LogP contribution in [0.4, 0.5) is 0 Å². The summed E-state index contributed by atoms with van der Waals surface area (Å²) in [6, 6.07) is 0.860. The van der Waals surface area contributed by atoms with Gasteiger partial charge < -0.3 is 15.4 Å². The number of amides is 2. The van der Waals surface area contributed by atoms with Crippen LogP contribution in [0, 0.1) is 17.8 Å². The number of rotatable bonds is 8. The van der Waals surface area contributed by atoms with Crippen LogP contribution in [0.5, 0.6) is 0 Å². The number of carbonyl (C=O) groups is 2. The van der Waals surface area contributed by atoms with Gasteiger partial charge in [0.15, 0.2) is 0 Å². The molecular weight excluding hydrogens is 378 g/mol. The predicted octanol–water partition coefficient (Wildman–Crippen LogP) is 2.51. The van der Waals surface area contributed by atoms with E-state index in [4.69, 9.17) is 4.74 Å². The molecule has 0 spiro atoms. The molecule has 2 saturated heterocycles. The number of hydrogen-bond donors (Lipinski definition) is 2. The van der Waals surface area contributed by atoms with Gasteiger partial charge in [-0.15, -0.1) is 0 Å². The van der Waals surface area contributed by atoms with Gasteiger partial charge in [-0.2, -0.15) is 0 Å². The van der Waals surface area contributed by atoms with Gasteiger partial charge in [-0.3, -0.25) is 14.5 Å². The summed E-state index contributed by atoms with van der Waals surface area (Å²) in [5, 5.41) is 6.35. The molecule has 3 fully saturated rings. The molecule has 30 heavy (non-hydrogen) atoms. The molecule has 4 aliphatic carbocycles. The highest BCUT2D eigenvalue weighted by Gasteiger charge is 2.49. The van der Waals surface area contributed by atoms with Crippen LogP contribution in [0.3, 0.4) is 0 Å². The van der Waals surface area contributed by atoms with Gasteiger partial charge in [-0.05, 0) is 69.8 Å². The van der Waals surface area contributed by atoms with E-state index in [-0.39, 0.29) is 17.4 Å². The Hall–Kier alpha value is -1.66. The molecular formula is C24H35N3O3. The maximum Gasteiger partial charge on any atom is 0.234 e. The normalized spacial score (nSPS) is 34.1. The van der Waals surface area contributed by atoms with Gasteiger partial charge >= 0.3 is 0 Å². The lowest BCUT2D eigenvalue weighted by Gasteiger charge is -2.53. The molecule has 0 aromatic rings. The Morgan fingerprint density at radius 3 is 2.47 bits per heavy atom.